The zero-order valence-electron chi connectivity index (χ0n) is 28.0. The van der Waals surface area contributed by atoms with Gasteiger partial charge in [0.25, 0.3) is 5.91 Å². The topological polar surface area (TPSA) is 141 Å². The Morgan fingerprint density at radius 1 is 0.980 bits per heavy atom. The van der Waals surface area contributed by atoms with Gasteiger partial charge in [-0.2, -0.15) is 5.10 Å². The molecule has 0 aliphatic heterocycles. The fourth-order valence-electron chi connectivity index (χ4n) is 5.04. The number of carbonyl (C=O) groups excluding carboxylic acids is 3. The number of amides is 2. The van der Waals surface area contributed by atoms with Gasteiger partial charge in [-0.15, -0.1) is 0 Å². The van der Waals surface area contributed by atoms with E-state index in [-0.39, 0.29) is 30.6 Å². The molecule has 2 heterocycles. The lowest BCUT2D eigenvalue weighted by Gasteiger charge is -2.20. The largest absolute Gasteiger partial charge is 0.460 e. The molecule has 2 amide bonds. The van der Waals surface area contributed by atoms with E-state index < -0.39 is 11.6 Å². The number of fused-ring (bicyclic) bond motifs is 1. The molecule has 0 aliphatic carbocycles. The quantitative estimate of drug-likeness (QED) is 0.126. The fourth-order valence-corrected chi connectivity index (χ4v) is 6.01. The number of rotatable bonds is 12. The summed E-state index contributed by atoms with van der Waals surface area (Å²) in [5.41, 5.74) is 10.2. The molecule has 11 heteroatoms. The third kappa shape index (κ3) is 9.65. The molecule has 5 rings (SSSR count). The van der Waals surface area contributed by atoms with Gasteiger partial charge in [-0.05, 0) is 99.5 Å². The highest BCUT2D eigenvalue weighted by Crippen LogP contribution is 2.33. The number of hydrogen-bond acceptors (Lipinski definition) is 8. The molecule has 2 aromatic heterocycles. The van der Waals surface area contributed by atoms with Crippen LogP contribution in [-0.4, -0.2) is 51.2 Å². The molecule has 0 radical (unpaired) electrons. The summed E-state index contributed by atoms with van der Waals surface area (Å²) < 4.78 is 7.25. The predicted molar refractivity (Wildman–Crippen MR) is 194 cm³/mol. The van der Waals surface area contributed by atoms with Crippen LogP contribution in [-0.2, 0) is 20.9 Å². The number of nitrogens with one attached hydrogen (secondary N) is 2. The Morgan fingerprint density at radius 3 is 2.45 bits per heavy atom. The Kier molecular flexibility index (Phi) is 11.3. The molecule has 0 saturated carbocycles. The van der Waals surface area contributed by atoms with Crippen molar-refractivity contribution in [1.29, 1.82) is 0 Å². The van der Waals surface area contributed by atoms with E-state index in [9.17, 15) is 14.4 Å². The first-order valence-corrected chi connectivity index (χ1v) is 16.8. The van der Waals surface area contributed by atoms with Crippen LogP contribution in [0.3, 0.4) is 0 Å². The Bertz CT molecular complexity index is 1970. The average Bonchev–Trinajstić information content (AvgIpc) is 3.42. The van der Waals surface area contributed by atoms with Crippen molar-refractivity contribution in [1.82, 2.24) is 20.1 Å². The van der Waals surface area contributed by atoms with Gasteiger partial charge in [0.15, 0.2) is 0 Å². The molecular weight excluding hydrogens is 637 g/mol. The SMILES string of the molecule is CNC(=O)c1ccccc1Sc1ccc2c(/C=C/c3ccccn3)n(Cc3ccc(NC(=O)[C@@H](N)CCC(=O)OC(C)(C)C)cc3)nc2c1. The number of benzene rings is 3. The molecule has 1 atom stereocenters. The van der Waals surface area contributed by atoms with Gasteiger partial charge in [-0.3, -0.25) is 24.0 Å². The van der Waals surface area contributed by atoms with Crippen molar-refractivity contribution in [2.75, 3.05) is 12.4 Å². The number of esters is 1. The van der Waals surface area contributed by atoms with E-state index in [0.29, 0.717) is 17.8 Å². The summed E-state index contributed by atoms with van der Waals surface area (Å²) in [6.07, 6.45) is 5.97. The van der Waals surface area contributed by atoms with E-state index in [2.05, 4.69) is 15.6 Å². The van der Waals surface area contributed by atoms with Gasteiger partial charge in [0.1, 0.15) is 5.60 Å². The van der Waals surface area contributed by atoms with Crippen LogP contribution in [0, 0.1) is 0 Å². The minimum atomic E-state index is -0.850. The zero-order chi connectivity index (χ0) is 35.0. The van der Waals surface area contributed by atoms with Crippen LogP contribution >= 0.6 is 11.8 Å². The summed E-state index contributed by atoms with van der Waals surface area (Å²) >= 11 is 1.51. The number of carbonyl (C=O) groups is 3. The van der Waals surface area contributed by atoms with Crippen molar-refractivity contribution >= 4 is 58.3 Å². The fraction of sp³-hybridized carbons (Fsp3) is 0.237. The normalized spacial score (nSPS) is 12.2. The van der Waals surface area contributed by atoms with E-state index in [1.165, 1.54) is 11.8 Å². The van der Waals surface area contributed by atoms with Crippen LogP contribution in [0.2, 0.25) is 0 Å². The van der Waals surface area contributed by atoms with Crippen LogP contribution in [0.1, 0.15) is 60.9 Å². The van der Waals surface area contributed by atoms with Crippen molar-refractivity contribution in [3.8, 4) is 0 Å². The minimum absolute atomic E-state index is 0.0591. The van der Waals surface area contributed by atoms with Gasteiger partial charge < -0.3 is 21.1 Å². The molecule has 0 unspecified atom stereocenters. The van der Waals surface area contributed by atoms with Crippen LogP contribution in [0.15, 0.2) is 101 Å². The first-order chi connectivity index (χ1) is 23.5. The highest BCUT2D eigenvalue weighted by molar-refractivity contribution is 7.99. The Morgan fingerprint density at radius 2 is 1.73 bits per heavy atom. The van der Waals surface area contributed by atoms with Crippen LogP contribution in [0.4, 0.5) is 5.69 Å². The molecule has 0 saturated heterocycles. The Hall–Kier alpha value is -5.26. The first kappa shape index (κ1) is 35.1. The second-order valence-electron chi connectivity index (χ2n) is 12.4. The molecule has 0 aliphatic rings. The molecule has 0 bridgehead atoms. The van der Waals surface area contributed by atoms with Crippen LogP contribution in [0.5, 0.6) is 0 Å². The number of ether oxygens (including phenoxy) is 1. The maximum Gasteiger partial charge on any atom is 0.306 e. The van der Waals surface area contributed by atoms with Crippen LogP contribution in [0.25, 0.3) is 23.1 Å². The van der Waals surface area contributed by atoms with Crippen molar-refractivity contribution in [2.24, 2.45) is 5.73 Å². The number of pyridine rings is 1. The highest BCUT2D eigenvalue weighted by atomic mass is 32.2. The van der Waals surface area contributed by atoms with E-state index >= 15 is 0 Å². The highest BCUT2D eigenvalue weighted by Gasteiger charge is 2.20. The standard InChI is InChI=1S/C38H40N6O4S/c1-38(2,3)48-35(45)21-19-31(39)37(47)42-27-14-12-25(13-15-27)24-44-33(20-16-26-9-7-8-22-41-26)29-18-17-28(23-32(29)43-44)49-34-11-6-5-10-30(34)36(46)40-4/h5-18,20,22-23,31H,19,21,24,39H2,1-4H3,(H,40,46)(H,42,47)/b20-16+/t31-/m0/s1. The second-order valence-corrected chi connectivity index (χ2v) is 13.5. The van der Waals surface area contributed by atoms with E-state index in [1.54, 1.807) is 34.0 Å². The minimum Gasteiger partial charge on any atom is -0.460 e. The number of anilines is 1. The number of hydrogen-bond donors (Lipinski definition) is 3. The molecule has 252 valence electrons. The number of nitrogens with two attached hydrogens (primary N) is 1. The van der Waals surface area contributed by atoms with Gasteiger partial charge in [-0.25, -0.2) is 0 Å². The molecule has 3 aromatic carbocycles. The second kappa shape index (κ2) is 15.8. The lowest BCUT2D eigenvalue weighted by Crippen LogP contribution is -2.36. The van der Waals surface area contributed by atoms with Gasteiger partial charge in [0.2, 0.25) is 5.91 Å². The van der Waals surface area contributed by atoms with E-state index in [0.717, 1.165) is 37.6 Å². The molecule has 0 fully saturated rings. The van der Waals surface area contributed by atoms with Gasteiger partial charge in [-0.1, -0.05) is 42.1 Å². The molecular formula is C38H40N6O4S. The molecule has 5 aromatic rings. The summed E-state index contributed by atoms with van der Waals surface area (Å²) in [4.78, 5) is 43.4. The maximum atomic E-state index is 12.7. The predicted octanol–water partition coefficient (Wildman–Crippen LogP) is 6.55. The summed E-state index contributed by atoms with van der Waals surface area (Å²) in [7, 11) is 1.62. The molecule has 10 nitrogen and oxygen atoms in total. The van der Waals surface area contributed by atoms with E-state index in [1.807, 2.05) is 102 Å². The first-order valence-electron chi connectivity index (χ1n) is 15.9. The molecule has 4 N–H and O–H groups in total. The summed E-state index contributed by atoms with van der Waals surface area (Å²) in [5, 5.41) is 11.5. The van der Waals surface area contributed by atoms with E-state index in [4.69, 9.17) is 15.6 Å². The van der Waals surface area contributed by atoms with Crippen molar-refractivity contribution in [2.45, 2.75) is 61.6 Å². The third-order valence-electron chi connectivity index (χ3n) is 7.41. The Labute approximate surface area is 290 Å². The summed E-state index contributed by atoms with van der Waals surface area (Å²) in [5.74, 6) is -0.896. The monoisotopic (exact) mass is 676 g/mol. The lowest BCUT2D eigenvalue weighted by molar-refractivity contribution is -0.155. The molecule has 0 spiro atoms. The van der Waals surface area contributed by atoms with Gasteiger partial charge in [0, 0.05) is 40.5 Å². The maximum absolute atomic E-state index is 12.7. The number of aromatic nitrogens is 3. The van der Waals surface area contributed by atoms with Crippen molar-refractivity contribution in [3.05, 3.63) is 114 Å². The lowest BCUT2D eigenvalue weighted by atomic mass is 10.1. The number of nitrogens with zero attached hydrogens (tertiary/aromatic N) is 3. The van der Waals surface area contributed by atoms with Gasteiger partial charge in [0.05, 0.1) is 35.1 Å². The summed E-state index contributed by atoms with van der Waals surface area (Å²) in [6, 6.07) is 26.0. The van der Waals surface area contributed by atoms with Crippen LogP contribution < -0.4 is 16.4 Å². The smallest absolute Gasteiger partial charge is 0.306 e. The molecule has 49 heavy (non-hydrogen) atoms. The van der Waals surface area contributed by atoms with Crippen molar-refractivity contribution < 1.29 is 19.1 Å². The van der Waals surface area contributed by atoms with Gasteiger partial charge >= 0.3 is 5.97 Å². The third-order valence-corrected chi connectivity index (χ3v) is 8.47. The average molecular weight is 677 g/mol. The summed E-state index contributed by atoms with van der Waals surface area (Å²) in [6.45, 7) is 5.86. The zero-order valence-corrected chi connectivity index (χ0v) is 28.8. The van der Waals surface area contributed by atoms with Crippen molar-refractivity contribution in [3.63, 3.8) is 0 Å². The Balaban J connectivity index is 1.34.